The largest absolute Gasteiger partial charge is 0.489 e. The summed E-state index contributed by atoms with van der Waals surface area (Å²) in [6.45, 7) is 3.60. The number of rotatable bonds is 7. The summed E-state index contributed by atoms with van der Waals surface area (Å²) < 4.78 is 7.77. The van der Waals surface area contributed by atoms with Crippen molar-refractivity contribution in [1.82, 2.24) is 14.7 Å². The lowest BCUT2D eigenvalue weighted by Crippen LogP contribution is -2.27. The highest BCUT2D eigenvalue weighted by Crippen LogP contribution is 2.27. The maximum atomic E-state index is 12.8. The Morgan fingerprint density at radius 2 is 2.14 bits per heavy atom. The molecule has 0 bridgehead atoms. The number of fused-ring (bicyclic) bond motifs is 1. The molecule has 7 heteroatoms. The van der Waals surface area contributed by atoms with Crippen molar-refractivity contribution in [2.75, 3.05) is 7.05 Å². The maximum Gasteiger partial charge on any atom is 0.264 e. The van der Waals surface area contributed by atoms with Crippen molar-refractivity contribution in [2.45, 2.75) is 45.9 Å². The second-order valence-electron chi connectivity index (χ2n) is 7.31. The molecule has 4 rings (SSSR count). The van der Waals surface area contributed by atoms with Crippen LogP contribution < -0.4 is 4.74 Å². The summed E-state index contributed by atoms with van der Waals surface area (Å²) in [7, 11) is 1.78. The first-order chi connectivity index (χ1) is 14.0. The topological polar surface area (TPSA) is 47.4 Å². The zero-order valence-corrected chi connectivity index (χ0v) is 18.2. The molecule has 0 atom stereocenters. The Hall–Kier alpha value is -2.31. The third-order valence-corrected chi connectivity index (χ3v) is 6.55. The van der Waals surface area contributed by atoms with Gasteiger partial charge in [0.05, 0.1) is 28.3 Å². The van der Waals surface area contributed by atoms with Crippen LogP contribution >= 0.6 is 22.9 Å². The number of thiophene rings is 1. The zero-order chi connectivity index (χ0) is 20.4. The van der Waals surface area contributed by atoms with Gasteiger partial charge in [0.15, 0.2) is 0 Å². The van der Waals surface area contributed by atoms with Gasteiger partial charge in [0.25, 0.3) is 5.91 Å². The third-order valence-electron chi connectivity index (χ3n) is 5.27. The molecule has 5 nitrogen and oxygen atoms in total. The van der Waals surface area contributed by atoms with Crippen LogP contribution in [-0.4, -0.2) is 27.6 Å². The first-order valence-corrected chi connectivity index (χ1v) is 11.1. The summed E-state index contributed by atoms with van der Waals surface area (Å²) in [4.78, 5) is 15.2. The maximum absolute atomic E-state index is 12.8. The number of aryl methyl sites for hydroxylation is 3. The molecule has 1 aliphatic rings. The van der Waals surface area contributed by atoms with E-state index in [-0.39, 0.29) is 5.91 Å². The Kier molecular flexibility index (Phi) is 5.92. The molecule has 0 aliphatic heterocycles. The van der Waals surface area contributed by atoms with E-state index >= 15 is 0 Å². The van der Waals surface area contributed by atoms with Crippen LogP contribution in [0.5, 0.6) is 5.75 Å². The average Bonchev–Trinajstić information content (AvgIpc) is 3.46. The van der Waals surface area contributed by atoms with Crippen LogP contribution in [0.3, 0.4) is 0 Å². The van der Waals surface area contributed by atoms with Gasteiger partial charge in [-0.25, -0.2) is 0 Å². The van der Waals surface area contributed by atoms with Crippen molar-refractivity contribution >= 4 is 28.8 Å². The quantitative estimate of drug-likeness (QED) is 0.533. The van der Waals surface area contributed by atoms with E-state index in [9.17, 15) is 4.79 Å². The number of hydrogen-bond donors (Lipinski definition) is 0. The van der Waals surface area contributed by atoms with Gasteiger partial charge in [0.2, 0.25) is 0 Å². The predicted molar refractivity (Wildman–Crippen MR) is 116 cm³/mol. The Balaban J connectivity index is 1.37. The van der Waals surface area contributed by atoms with Crippen LogP contribution in [0.25, 0.3) is 0 Å². The molecule has 152 valence electrons. The summed E-state index contributed by atoms with van der Waals surface area (Å²) in [5.41, 5.74) is 4.69. The highest BCUT2D eigenvalue weighted by molar-refractivity contribution is 7.12. The zero-order valence-electron chi connectivity index (χ0n) is 16.7. The Labute approximate surface area is 179 Å². The lowest BCUT2D eigenvalue weighted by atomic mass is 10.1. The van der Waals surface area contributed by atoms with Crippen molar-refractivity contribution < 1.29 is 9.53 Å². The van der Waals surface area contributed by atoms with E-state index in [0.29, 0.717) is 29.6 Å². The summed E-state index contributed by atoms with van der Waals surface area (Å²) in [6, 6.07) is 8.27. The number of benzene rings is 1. The van der Waals surface area contributed by atoms with Gasteiger partial charge in [-0.1, -0.05) is 17.7 Å². The SMILES string of the molecule is CCn1ncc(Cl)c1CN(C)C(=O)c1cc(COc2ccc3c(c2)CCC3)cs1. The third kappa shape index (κ3) is 4.33. The minimum absolute atomic E-state index is 0.0290. The van der Waals surface area contributed by atoms with Gasteiger partial charge in [-0.2, -0.15) is 5.10 Å². The van der Waals surface area contributed by atoms with Gasteiger partial charge >= 0.3 is 0 Å². The number of aromatic nitrogens is 2. The van der Waals surface area contributed by atoms with Crippen molar-refractivity contribution in [3.63, 3.8) is 0 Å². The fourth-order valence-corrected chi connectivity index (χ4v) is 4.76. The first-order valence-electron chi connectivity index (χ1n) is 9.82. The van der Waals surface area contributed by atoms with Gasteiger partial charge in [-0.05, 0) is 60.9 Å². The van der Waals surface area contributed by atoms with Crippen molar-refractivity contribution in [1.29, 1.82) is 0 Å². The molecule has 1 amide bonds. The van der Waals surface area contributed by atoms with E-state index < -0.39 is 0 Å². The van der Waals surface area contributed by atoms with Crippen LogP contribution in [0, 0.1) is 0 Å². The highest BCUT2D eigenvalue weighted by Gasteiger charge is 2.18. The number of carbonyl (C=O) groups is 1. The van der Waals surface area contributed by atoms with Gasteiger partial charge in [-0.15, -0.1) is 11.3 Å². The molecule has 0 unspecified atom stereocenters. The molecule has 3 aromatic rings. The second kappa shape index (κ2) is 8.59. The van der Waals surface area contributed by atoms with Crippen molar-refractivity contribution in [3.05, 3.63) is 68.1 Å². The monoisotopic (exact) mass is 429 g/mol. The molecule has 0 spiro atoms. The van der Waals surface area contributed by atoms with Gasteiger partial charge < -0.3 is 9.64 Å². The highest BCUT2D eigenvalue weighted by atomic mass is 35.5. The van der Waals surface area contributed by atoms with E-state index in [1.54, 1.807) is 18.1 Å². The van der Waals surface area contributed by atoms with Crippen molar-refractivity contribution in [2.24, 2.45) is 0 Å². The molecule has 2 aromatic heterocycles. The van der Waals surface area contributed by atoms with Gasteiger partial charge in [0.1, 0.15) is 12.4 Å². The van der Waals surface area contributed by atoms with E-state index in [1.807, 2.05) is 29.1 Å². The molecular weight excluding hydrogens is 406 g/mol. The van der Waals surface area contributed by atoms with Crippen LogP contribution in [0.15, 0.2) is 35.8 Å². The molecule has 1 aromatic carbocycles. The van der Waals surface area contributed by atoms with Crippen LogP contribution in [0.2, 0.25) is 5.02 Å². The van der Waals surface area contributed by atoms with E-state index in [0.717, 1.165) is 23.4 Å². The van der Waals surface area contributed by atoms with Crippen LogP contribution in [0.4, 0.5) is 0 Å². The number of carbonyl (C=O) groups excluding carboxylic acids is 1. The molecule has 0 fully saturated rings. The minimum Gasteiger partial charge on any atom is -0.489 e. The molecule has 1 aliphatic carbocycles. The number of amides is 1. The van der Waals surface area contributed by atoms with E-state index in [4.69, 9.17) is 16.3 Å². The van der Waals surface area contributed by atoms with E-state index in [1.165, 1.54) is 35.3 Å². The van der Waals surface area contributed by atoms with Crippen molar-refractivity contribution in [3.8, 4) is 5.75 Å². The number of hydrogen-bond acceptors (Lipinski definition) is 4. The fourth-order valence-electron chi connectivity index (χ4n) is 3.67. The average molecular weight is 430 g/mol. The van der Waals surface area contributed by atoms with E-state index in [2.05, 4.69) is 17.2 Å². The number of halogens is 1. The lowest BCUT2D eigenvalue weighted by molar-refractivity contribution is 0.0786. The Morgan fingerprint density at radius 1 is 1.31 bits per heavy atom. The lowest BCUT2D eigenvalue weighted by Gasteiger charge is -2.17. The minimum atomic E-state index is -0.0290. The first kappa shape index (κ1) is 20.0. The van der Waals surface area contributed by atoms with Gasteiger partial charge in [0, 0.05) is 19.2 Å². The normalized spacial score (nSPS) is 12.8. The second-order valence-corrected chi connectivity index (χ2v) is 8.63. The Bertz CT molecular complexity index is 1030. The molecule has 0 saturated carbocycles. The summed E-state index contributed by atoms with van der Waals surface area (Å²) in [5.74, 6) is 0.864. The predicted octanol–water partition coefficient (Wildman–Crippen LogP) is 4.96. The standard InChI is InChI=1S/C22H24ClN3O2S/c1-3-26-20(19(23)11-24-26)12-25(2)22(27)21-9-15(14-29-21)13-28-18-8-7-16-5-4-6-17(16)10-18/h7-11,14H,3-6,12-13H2,1-2H3. The molecule has 29 heavy (non-hydrogen) atoms. The number of nitrogens with zero attached hydrogens (tertiary/aromatic N) is 3. The van der Waals surface area contributed by atoms with Crippen LogP contribution in [0.1, 0.15) is 45.4 Å². The Morgan fingerprint density at radius 3 is 2.97 bits per heavy atom. The molecular formula is C22H24ClN3O2S. The molecule has 0 N–H and O–H groups in total. The summed E-state index contributed by atoms with van der Waals surface area (Å²) in [5, 5.41) is 6.80. The van der Waals surface area contributed by atoms with Gasteiger partial charge in [-0.3, -0.25) is 9.48 Å². The summed E-state index contributed by atoms with van der Waals surface area (Å²) >= 11 is 7.66. The fraction of sp³-hybridized carbons (Fsp3) is 0.364. The summed E-state index contributed by atoms with van der Waals surface area (Å²) in [6.07, 6.45) is 5.16. The molecule has 0 radical (unpaired) electrons. The van der Waals surface area contributed by atoms with Crippen LogP contribution in [-0.2, 0) is 32.5 Å². The molecule has 0 saturated heterocycles. The molecule has 2 heterocycles. The smallest absolute Gasteiger partial charge is 0.264 e. The number of ether oxygens (including phenoxy) is 1.